The average Bonchev–Trinajstić information content (AvgIpc) is 2.49. The number of rotatable bonds is 5. The molecule has 0 spiro atoms. The summed E-state index contributed by atoms with van der Waals surface area (Å²) in [6.07, 6.45) is -0.950. The van der Waals surface area contributed by atoms with Gasteiger partial charge in [0.25, 0.3) is 0 Å². The molecule has 2 rings (SSSR count). The standard InChI is InChI=1S/C15H12Cl2O5/c1-8(15(19)20)21-9-2-4-10(5-3-9)22-12-7-6-11(16)14(18)13(12)17/h2-8,18H,1H3,(H,19,20). The van der Waals surface area contributed by atoms with E-state index >= 15 is 0 Å². The fourth-order valence-electron chi connectivity index (χ4n) is 1.57. The van der Waals surface area contributed by atoms with Gasteiger partial charge in [-0.3, -0.25) is 0 Å². The van der Waals surface area contributed by atoms with Crippen LogP contribution in [0.2, 0.25) is 10.0 Å². The molecule has 0 aliphatic heterocycles. The third-order valence-electron chi connectivity index (χ3n) is 2.74. The molecule has 1 atom stereocenters. The smallest absolute Gasteiger partial charge is 0.344 e. The normalized spacial score (nSPS) is 11.8. The Morgan fingerprint density at radius 1 is 1.09 bits per heavy atom. The van der Waals surface area contributed by atoms with Crippen molar-refractivity contribution in [1.29, 1.82) is 0 Å². The first kappa shape index (κ1) is 16.3. The molecule has 2 aromatic carbocycles. The summed E-state index contributed by atoms with van der Waals surface area (Å²) in [7, 11) is 0. The van der Waals surface area contributed by atoms with Gasteiger partial charge >= 0.3 is 5.97 Å². The maximum atomic E-state index is 10.7. The Morgan fingerprint density at radius 2 is 1.68 bits per heavy atom. The van der Waals surface area contributed by atoms with Crippen LogP contribution in [0.1, 0.15) is 6.92 Å². The molecule has 5 nitrogen and oxygen atoms in total. The number of ether oxygens (including phenoxy) is 2. The number of carboxylic acids is 1. The second kappa shape index (κ2) is 6.77. The van der Waals surface area contributed by atoms with Gasteiger partial charge in [-0.1, -0.05) is 23.2 Å². The second-order valence-corrected chi connectivity index (χ2v) is 5.17. The number of benzene rings is 2. The SMILES string of the molecule is CC(Oc1ccc(Oc2ccc(Cl)c(O)c2Cl)cc1)C(=O)O. The molecule has 0 aliphatic rings. The van der Waals surface area contributed by atoms with Crippen molar-refractivity contribution in [2.75, 3.05) is 0 Å². The van der Waals surface area contributed by atoms with Gasteiger partial charge in [-0.2, -0.15) is 0 Å². The number of aliphatic carboxylic acids is 1. The Morgan fingerprint density at radius 3 is 2.27 bits per heavy atom. The van der Waals surface area contributed by atoms with E-state index in [0.29, 0.717) is 11.5 Å². The molecule has 0 saturated heterocycles. The molecule has 0 amide bonds. The summed E-state index contributed by atoms with van der Waals surface area (Å²) in [4.78, 5) is 10.7. The molecule has 0 aromatic heterocycles. The van der Waals surface area contributed by atoms with Crippen molar-refractivity contribution in [1.82, 2.24) is 0 Å². The number of hydrogen-bond donors (Lipinski definition) is 2. The maximum Gasteiger partial charge on any atom is 0.344 e. The molecule has 1 unspecified atom stereocenters. The fourth-order valence-corrected chi connectivity index (χ4v) is 1.98. The number of hydrogen-bond acceptors (Lipinski definition) is 4. The summed E-state index contributed by atoms with van der Waals surface area (Å²) in [6, 6.07) is 9.31. The van der Waals surface area contributed by atoms with Crippen LogP contribution in [0.3, 0.4) is 0 Å². The van der Waals surface area contributed by atoms with Gasteiger partial charge < -0.3 is 19.7 Å². The largest absolute Gasteiger partial charge is 0.505 e. The number of aromatic hydroxyl groups is 1. The van der Waals surface area contributed by atoms with Crippen LogP contribution in [0.5, 0.6) is 23.0 Å². The van der Waals surface area contributed by atoms with Crippen molar-refractivity contribution in [3.8, 4) is 23.0 Å². The Labute approximate surface area is 136 Å². The molecule has 2 N–H and O–H groups in total. The van der Waals surface area contributed by atoms with Crippen molar-refractivity contribution in [3.05, 3.63) is 46.4 Å². The van der Waals surface area contributed by atoms with Crippen molar-refractivity contribution >= 4 is 29.2 Å². The minimum Gasteiger partial charge on any atom is -0.505 e. The lowest BCUT2D eigenvalue weighted by atomic mass is 10.3. The fraction of sp³-hybridized carbons (Fsp3) is 0.133. The third kappa shape index (κ3) is 3.75. The summed E-state index contributed by atoms with van der Waals surface area (Å²) in [5.41, 5.74) is 0. The summed E-state index contributed by atoms with van der Waals surface area (Å²) >= 11 is 11.7. The number of halogens is 2. The highest BCUT2D eigenvalue weighted by Gasteiger charge is 2.13. The summed E-state index contributed by atoms with van der Waals surface area (Å²) in [6.45, 7) is 1.43. The molecule has 0 saturated carbocycles. The Balaban J connectivity index is 2.12. The summed E-state index contributed by atoms with van der Waals surface area (Å²) in [5, 5.41) is 18.5. The zero-order chi connectivity index (χ0) is 16.3. The maximum absolute atomic E-state index is 10.7. The lowest BCUT2D eigenvalue weighted by Gasteiger charge is -2.12. The Hall–Kier alpha value is -2.11. The lowest BCUT2D eigenvalue weighted by Crippen LogP contribution is -2.22. The topological polar surface area (TPSA) is 76.0 Å². The first-order valence-electron chi connectivity index (χ1n) is 6.23. The summed E-state index contributed by atoms with van der Waals surface area (Å²) < 4.78 is 10.7. The van der Waals surface area contributed by atoms with E-state index in [1.807, 2.05) is 0 Å². The first-order valence-corrected chi connectivity index (χ1v) is 6.98. The van der Waals surface area contributed by atoms with Crippen molar-refractivity contribution < 1.29 is 24.5 Å². The molecule has 0 bridgehead atoms. The highest BCUT2D eigenvalue weighted by atomic mass is 35.5. The van der Waals surface area contributed by atoms with Gasteiger partial charge in [-0.05, 0) is 43.3 Å². The molecular formula is C15H12Cl2O5. The van der Waals surface area contributed by atoms with E-state index < -0.39 is 12.1 Å². The number of carbonyl (C=O) groups is 1. The van der Waals surface area contributed by atoms with Crippen LogP contribution in [-0.2, 0) is 4.79 Å². The zero-order valence-electron chi connectivity index (χ0n) is 11.4. The van der Waals surface area contributed by atoms with Gasteiger partial charge in [0.1, 0.15) is 22.3 Å². The molecular weight excluding hydrogens is 331 g/mol. The third-order valence-corrected chi connectivity index (χ3v) is 3.41. The number of carboxylic acid groups (broad SMARTS) is 1. The Kier molecular flexibility index (Phi) is 5.00. The van der Waals surface area contributed by atoms with Gasteiger partial charge in [0.2, 0.25) is 0 Å². The first-order chi connectivity index (χ1) is 10.4. The average molecular weight is 343 g/mol. The molecule has 0 radical (unpaired) electrons. The highest BCUT2D eigenvalue weighted by Crippen LogP contribution is 2.40. The number of phenols is 1. The van der Waals surface area contributed by atoms with Gasteiger partial charge in [-0.15, -0.1) is 0 Å². The highest BCUT2D eigenvalue weighted by molar-refractivity contribution is 6.38. The summed E-state index contributed by atoms with van der Waals surface area (Å²) in [5.74, 6) is -0.220. The van der Waals surface area contributed by atoms with Crippen LogP contribution >= 0.6 is 23.2 Å². The van der Waals surface area contributed by atoms with E-state index in [0.717, 1.165) is 0 Å². The minimum atomic E-state index is -1.05. The minimum absolute atomic E-state index is 0.00678. The second-order valence-electron chi connectivity index (χ2n) is 4.38. The van der Waals surface area contributed by atoms with Crippen LogP contribution in [0.25, 0.3) is 0 Å². The van der Waals surface area contributed by atoms with Crippen LogP contribution in [0.15, 0.2) is 36.4 Å². The van der Waals surface area contributed by atoms with E-state index in [2.05, 4.69) is 0 Å². The van der Waals surface area contributed by atoms with Gasteiger partial charge in [0.15, 0.2) is 11.9 Å². The molecule has 0 aliphatic carbocycles. The molecule has 0 fully saturated rings. The van der Waals surface area contributed by atoms with E-state index in [4.69, 9.17) is 37.8 Å². The molecule has 7 heteroatoms. The van der Waals surface area contributed by atoms with E-state index in [9.17, 15) is 9.90 Å². The van der Waals surface area contributed by atoms with E-state index in [-0.39, 0.29) is 21.5 Å². The van der Waals surface area contributed by atoms with Crippen molar-refractivity contribution in [3.63, 3.8) is 0 Å². The van der Waals surface area contributed by atoms with Crippen LogP contribution in [0, 0.1) is 0 Å². The Bertz CT molecular complexity index is 685. The molecule has 0 heterocycles. The van der Waals surface area contributed by atoms with Crippen LogP contribution in [0.4, 0.5) is 0 Å². The predicted octanol–water partition coefficient (Wildman–Crippen LogP) is 4.34. The van der Waals surface area contributed by atoms with Gasteiger partial charge in [0, 0.05) is 0 Å². The number of phenolic OH excluding ortho intramolecular Hbond substituents is 1. The zero-order valence-corrected chi connectivity index (χ0v) is 12.9. The lowest BCUT2D eigenvalue weighted by molar-refractivity contribution is -0.144. The van der Waals surface area contributed by atoms with Crippen LogP contribution in [-0.4, -0.2) is 22.3 Å². The quantitative estimate of drug-likeness (QED) is 0.844. The predicted molar refractivity (Wildman–Crippen MR) is 82.4 cm³/mol. The molecule has 2 aromatic rings. The van der Waals surface area contributed by atoms with Crippen molar-refractivity contribution in [2.45, 2.75) is 13.0 Å². The van der Waals surface area contributed by atoms with E-state index in [1.165, 1.54) is 19.1 Å². The molecule has 22 heavy (non-hydrogen) atoms. The monoisotopic (exact) mass is 342 g/mol. The van der Waals surface area contributed by atoms with Gasteiger partial charge in [-0.25, -0.2) is 4.79 Å². The van der Waals surface area contributed by atoms with Crippen LogP contribution < -0.4 is 9.47 Å². The van der Waals surface area contributed by atoms with Gasteiger partial charge in [0.05, 0.1) is 5.02 Å². The molecule has 116 valence electrons. The van der Waals surface area contributed by atoms with E-state index in [1.54, 1.807) is 24.3 Å². The van der Waals surface area contributed by atoms with Crippen molar-refractivity contribution in [2.24, 2.45) is 0 Å².